The van der Waals surface area contributed by atoms with Crippen molar-refractivity contribution >= 4 is 34.5 Å². The second kappa shape index (κ2) is 3.92. The highest BCUT2D eigenvalue weighted by atomic mass is 35.5. The van der Waals surface area contributed by atoms with Gasteiger partial charge in [0.25, 0.3) is 0 Å². The SMILES string of the molecule is C=Cc1cc2ccccc2c(Cl)c1C=C. The quantitative estimate of drug-likeness (QED) is 0.675. The molecule has 0 aliphatic carbocycles. The van der Waals surface area contributed by atoms with Gasteiger partial charge in [-0.3, -0.25) is 0 Å². The fraction of sp³-hybridized carbons (Fsp3) is 0. The average Bonchev–Trinajstić information content (AvgIpc) is 2.29. The Labute approximate surface area is 94.5 Å². The van der Waals surface area contributed by atoms with E-state index < -0.39 is 0 Å². The van der Waals surface area contributed by atoms with Crippen molar-refractivity contribution < 1.29 is 0 Å². The maximum atomic E-state index is 6.31. The van der Waals surface area contributed by atoms with Crippen molar-refractivity contribution in [2.75, 3.05) is 0 Å². The lowest BCUT2D eigenvalue weighted by atomic mass is 10.0. The number of hydrogen-bond donors (Lipinski definition) is 0. The van der Waals surface area contributed by atoms with E-state index in [1.165, 1.54) is 0 Å². The molecular formula is C14H11Cl. The molecule has 0 heterocycles. The van der Waals surface area contributed by atoms with E-state index in [4.69, 9.17) is 11.6 Å². The van der Waals surface area contributed by atoms with Crippen molar-refractivity contribution in [3.63, 3.8) is 0 Å². The van der Waals surface area contributed by atoms with Gasteiger partial charge in [-0.2, -0.15) is 0 Å². The van der Waals surface area contributed by atoms with E-state index in [2.05, 4.69) is 19.2 Å². The highest BCUT2D eigenvalue weighted by Crippen LogP contribution is 2.31. The summed E-state index contributed by atoms with van der Waals surface area (Å²) in [5.41, 5.74) is 1.97. The van der Waals surface area contributed by atoms with Gasteiger partial charge in [0.2, 0.25) is 0 Å². The van der Waals surface area contributed by atoms with Crippen LogP contribution >= 0.6 is 11.6 Å². The number of benzene rings is 2. The molecule has 0 spiro atoms. The first-order valence-corrected chi connectivity index (χ1v) is 5.12. The summed E-state index contributed by atoms with van der Waals surface area (Å²) in [5, 5.41) is 2.93. The molecule has 0 aromatic heterocycles. The molecule has 0 unspecified atom stereocenters. The lowest BCUT2D eigenvalue weighted by molar-refractivity contribution is 1.66. The number of fused-ring (bicyclic) bond motifs is 1. The zero-order valence-electron chi connectivity index (χ0n) is 8.33. The summed E-state index contributed by atoms with van der Waals surface area (Å²) in [6.45, 7) is 7.56. The van der Waals surface area contributed by atoms with Crippen LogP contribution in [0.5, 0.6) is 0 Å². The molecule has 2 aromatic rings. The van der Waals surface area contributed by atoms with E-state index in [1.807, 2.05) is 24.3 Å². The maximum Gasteiger partial charge on any atom is 0.0562 e. The normalized spacial score (nSPS) is 10.2. The first-order valence-electron chi connectivity index (χ1n) is 4.74. The molecule has 0 aliphatic heterocycles. The minimum absolute atomic E-state index is 0.748. The van der Waals surface area contributed by atoms with Crippen LogP contribution in [0.15, 0.2) is 43.5 Å². The summed E-state index contributed by atoms with van der Waals surface area (Å²) in [4.78, 5) is 0. The first kappa shape index (κ1) is 10.0. The standard InChI is InChI=1S/C14H11Cl/c1-3-10-9-11-7-5-6-8-13(11)14(15)12(10)4-2/h3-9H,1-2H2. The van der Waals surface area contributed by atoms with Crippen LogP contribution in [-0.2, 0) is 0 Å². The molecule has 15 heavy (non-hydrogen) atoms. The van der Waals surface area contributed by atoms with E-state index in [0.29, 0.717) is 0 Å². The summed E-state index contributed by atoms with van der Waals surface area (Å²) >= 11 is 6.31. The summed E-state index contributed by atoms with van der Waals surface area (Å²) in [7, 11) is 0. The van der Waals surface area contributed by atoms with Crippen LogP contribution in [0.25, 0.3) is 22.9 Å². The Morgan fingerprint density at radius 3 is 2.47 bits per heavy atom. The van der Waals surface area contributed by atoms with Crippen molar-refractivity contribution in [2.45, 2.75) is 0 Å². The largest absolute Gasteiger partial charge is 0.0984 e. The van der Waals surface area contributed by atoms with Crippen LogP contribution in [0.2, 0.25) is 5.02 Å². The van der Waals surface area contributed by atoms with Crippen LogP contribution in [0, 0.1) is 0 Å². The Balaban J connectivity index is 2.93. The monoisotopic (exact) mass is 214 g/mol. The van der Waals surface area contributed by atoms with Crippen LogP contribution in [0.4, 0.5) is 0 Å². The summed E-state index contributed by atoms with van der Waals surface area (Å²) in [6.07, 6.45) is 3.57. The zero-order valence-corrected chi connectivity index (χ0v) is 9.09. The Kier molecular flexibility index (Phi) is 2.61. The minimum Gasteiger partial charge on any atom is -0.0984 e. The van der Waals surface area contributed by atoms with E-state index >= 15 is 0 Å². The summed E-state index contributed by atoms with van der Waals surface area (Å²) < 4.78 is 0. The van der Waals surface area contributed by atoms with Gasteiger partial charge in [-0.25, -0.2) is 0 Å². The van der Waals surface area contributed by atoms with Gasteiger partial charge >= 0.3 is 0 Å². The maximum absolute atomic E-state index is 6.31. The van der Waals surface area contributed by atoms with Gasteiger partial charge < -0.3 is 0 Å². The molecule has 0 atom stereocenters. The molecule has 0 fully saturated rings. The predicted octanol–water partition coefficient (Wildman–Crippen LogP) is 4.78. The Bertz CT molecular complexity index is 538. The van der Waals surface area contributed by atoms with Crippen molar-refractivity contribution in [2.24, 2.45) is 0 Å². The van der Waals surface area contributed by atoms with Crippen LogP contribution in [-0.4, -0.2) is 0 Å². The fourth-order valence-electron chi connectivity index (χ4n) is 1.72. The zero-order chi connectivity index (χ0) is 10.8. The lowest BCUT2D eigenvalue weighted by Gasteiger charge is -2.08. The fourth-order valence-corrected chi connectivity index (χ4v) is 2.07. The average molecular weight is 215 g/mol. The molecule has 0 saturated carbocycles. The van der Waals surface area contributed by atoms with Gasteiger partial charge in [0.1, 0.15) is 0 Å². The van der Waals surface area contributed by atoms with Gasteiger partial charge in [0.15, 0.2) is 0 Å². The molecule has 2 rings (SSSR count). The highest BCUT2D eigenvalue weighted by molar-refractivity contribution is 6.37. The van der Waals surface area contributed by atoms with Gasteiger partial charge in [-0.15, -0.1) is 0 Å². The van der Waals surface area contributed by atoms with E-state index in [0.717, 1.165) is 26.9 Å². The molecule has 0 saturated heterocycles. The van der Waals surface area contributed by atoms with Gasteiger partial charge in [-0.05, 0) is 17.0 Å². The molecule has 2 aromatic carbocycles. The second-order valence-corrected chi connectivity index (χ2v) is 3.70. The van der Waals surface area contributed by atoms with Gasteiger partial charge in [0.05, 0.1) is 5.02 Å². The third-order valence-electron chi connectivity index (χ3n) is 2.48. The van der Waals surface area contributed by atoms with Gasteiger partial charge in [0, 0.05) is 10.9 Å². The first-order chi connectivity index (χ1) is 7.27. The van der Waals surface area contributed by atoms with Crippen molar-refractivity contribution in [1.82, 2.24) is 0 Å². The smallest absolute Gasteiger partial charge is 0.0562 e. The van der Waals surface area contributed by atoms with Crippen LogP contribution in [0.1, 0.15) is 11.1 Å². The van der Waals surface area contributed by atoms with Crippen molar-refractivity contribution in [1.29, 1.82) is 0 Å². The Morgan fingerprint density at radius 1 is 1.07 bits per heavy atom. The van der Waals surface area contributed by atoms with E-state index in [-0.39, 0.29) is 0 Å². The van der Waals surface area contributed by atoms with E-state index in [1.54, 1.807) is 12.2 Å². The summed E-state index contributed by atoms with van der Waals surface area (Å²) in [6, 6.07) is 10.1. The molecule has 0 N–H and O–H groups in total. The second-order valence-electron chi connectivity index (χ2n) is 3.32. The number of hydrogen-bond acceptors (Lipinski definition) is 0. The van der Waals surface area contributed by atoms with E-state index in [9.17, 15) is 0 Å². The lowest BCUT2D eigenvalue weighted by Crippen LogP contribution is -1.85. The molecule has 0 bridgehead atoms. The molecule has 0 radical (unpaired) electrons. The topological polar surface area (TPSA) is 0 Å². The molecule has 74 valence electrons. The predicted molar refractivity (Wildman–Crippen MR) is 69.1 cm³/mol. The molecule has 0 amide bonds. The van der Waals surface area contributed by atoms with Gasteiger partial charge in [-0.1, -0.05) is 61.2 Å². The third-order valence-corrected chi connectivity index (χ3v) is 2.89. The third kappa shape index (κ3) is 1.57. The molecule has 0 nitrogen and oxygen atoms in total. The van der Waals surface area contributed by atoms with Crippen LogP contribution in [0.3, 0.4) is 0 Å². The molecule has 0 aliphatic rings. The molecular weight excluding hydrogens is 204 g/mol. The number of rotatable bonds is 2. The number of halogens is 1. The van der Waals surface area contributed by atoms with Crippen molar-refractivity contribution in [3.8, 4) is 0 Å². The Morgan fingerprint density at radius 2 is 1.80 bits per heavy atom. The summed E-state index contributed by atoms with van der Waals surface area (Å²) in [5.74, 6) is 0. The molecule has 1 heteroatoms. The van der Waals surface area contributed by atoms with Crippen molar-refractivity contribution in [3.05, 3.63) is 59.6 Å². The highest BCUT2D eigenvalue weighted by Gasteiger charge is 2.06. The van der Waals surface area contributed by atoms with Crippen LogP contribution < -0.4 is 0 Å². The Hall–Kier alpha value is -1.53. The minimum atomic E-state index is 0.748.